The van der Waals surface area contributed by atoms with Gasteiger partial charge in [0.05, 0.1) is 11.6 Å². The first-order valence-corrected chi connectivity index (χ1v) is 5.34. The van der Waals surface area contributed by atoms with Crippen LogP contribution in [0.25, 0.3) is 0 Å². The highest BCUT2D eigenvalue weighted by Gasteiger charge is 2.08. The molecule has 0 aromatic heterocycles. The molecular weight excluding hydrogens is 312 g/mol. The number of carbonyl (C=O) groups is 1. The zero-order chi connectivity index (χ0) is 10.6. The van der Waals surface area contributed by atoms with Gasteiger partial charge in [0.1, 0.15) is 6.54 Å². The Labute approximate surface area is 98.4 Å². The maximum Gasteiger partial charge on any atom is 0.253 e. The third-order valence-electron chi connectivity index (χ3n) is 1.50. The number of nitriles is 1. The summed E-state index contributed by atoms with van der Waals surface area (Å²) in [5.41, 5.74) is 0.517. The van der Waals surface area contributed by atoms with Crippen LogP contribution in [0.15, 0.2) is 27.1 Å². The molecule has 0 saturated heterocycles. The van der Waals surface area contributed by atoms with Gasteiger partial charge in [-0.1, -0.05) is 15.9 Å². The van der Waals surface area contributed by atoms with Gasteiger partial charge in [0.25, 0.3) is 5.91 Å². The minimum Gasteiger partial charge on any atom is -0.339 e. The van der Waals surface area contributed by atoms with E-state index >= 15 is 0 Å². The molecule has 0 atom stereocenters. The summed E-state index contributed by atoms with van der Waals surface area (Å²) in [6.07, 6.45) is 0. The van der Waals surface area contributed by atoms with E-state index in [1.54, 1.807) is 18.2 Å². The summed E-state index contributed by atoms with van der Waals surface area (Å²) in [6.45, 7) is 0.0152. The van der Waals surface area contributed by atoms with Crippen LogP contribution in [0, 0.1) is 11.3 Å². The fourth-order valence-corrected chi connectivity index (χ4v) is 2.12. The molecule has 1 aromatic carbocycles. The molecule has 0 aliphatic heterocycles. The summed E-state index contributed by atoms with van der Waals surface area (Å²) < 4.78 is 1.59. The first kappa shape index (κ1) is 11.2. The monoisotopic (exact) mass is 316 g/mol. The maximum atomic E-state index is 11.4. The van der Waals surface area contributed by atoms with Gasteiger partial charge in [-0.3, -0.25) is 4.79 Å². The number of hydrogen-bond acceptors (Lipinski definition) is 2. The van der Waals surface area contributed by atoms with Crippen molar-refractivity contribution in [1.82, 2.24) is 5.32 Å². The highest BCUT2D eigenvalue weighted by atomic mass is 79.9. The summed E-state index contributed by atoms with van der Waals surface area (Å²) in [5, 5.41) is 10.8. The number of amides is 1. The molecule has 0 aliphatic carbocycles. The minimum atomic E-state index is -0.258. The molecule has 0 fully saturated rings. The van der Waals surface area contributed by atoms with Crippen molar-refractivity contribution in [2.75, 3.05) is 6.54 Å². The van der Waals surface area contributed by atoms with E-state index in [1.807, 2.05) is 6.07 Å². The standard InChI is InChI=1S/C9H6Br2N2O/c10-6-1-2-7(8(11)5-6)9(14)13-4-3-12/h1-2,5H,4H2,(H,13,14). The molecule has 0 spiro atoms. The highest BCUT2D eigenvalue weighted by Crippen LogP contribution is 2.21. The predicted octanol–water partition coefficient (Wildman–Crippen LogP) is 2.46. The van der Waals surface area contributed by atoms with Crippen molar-refractivity contribution in [2.45, 2.75) is 0 Å². The first-order valence-electron chi connectivity index (χ1n) is 3.75. The Morgan fingerprint density at radius 3 is 2.79 bits per heavy atom. The van der Waals surface area contributed by atoms with Crippen molar-refractivity contribution in [1.29, 1.82) is 5.26 Å². The van der Waals surface area contributed by atoms with Crippen LogP contribution in [0.1, 0.15) is 10.4 Å². The van der Waals surface area contributed by atoms with Crippen molar-refractivity contribution in [2.24, 2.45) is 0 Å². The van der Waals surface area contributed by atoms with Crippen LogP contribution in [0.2, 0.25) is 0 Å². The van der Waals surface area contributed by atoms with Gasteiger partial charge in [0.15, 0.2) is 0 Å². The Morgan fingerprint density at radius 2 is 2.21 bits per heavy atom. The molecule has 0 bridgehead atoms. The van der Waals surface area contributed by atoms with Crippen molar-refractivity contribution >= 4 is 37.8 Å². The second-order valence-electron chi connectivity index (χ2n) is 2.46. The topological polar surface area (TPSA) is 52.9 Å². The van der Waals surface area contributed by atoms with Crippen LogP contribution in [0.4, 0.5) is 0 Å². The molecule has 1 rings (SSSR count). The van der Waals surface area contributed by atoms with Gasteiger partial charge in [0, 0.05) is 8.95 Å². The molecule has 1 N–H and O–H groups in total. The quantitative estimate of drug-likeness (QED) is 0.852. The Morgan fingerprint density at radius 1 is 1.50 bits per heavy atom. The molecular formula is C9H6Br2N2O. The number of carbonyl (C=O) groups excluding carboxylic acids is 1. The van der Waals surface area contributed by atoms with Crippen LogP contribution < -0.4 is 5.32 Å². The van der Waals surface area contributed by atoms with E-state index in [-0.39, 0.29) is 12.5 Å². The maximum absolute atomic E-state index is 11.4. The molecule has 5 heteroatoms. The molecule has 72 valence electrons. The van der Waals surface area contributed by atoms with Crippen molar-refractivity contribution < 1.29 is 4.79 Å². The van der Waals surface area contributed by atoms with Gasteiger partial charge in [-0.2, -0.15) is 5.26 Å². The molecule has 3 nitrogen and oxygen atoms in total. The summed E-state index contributed by atoms with van der Waals surface area (Å²) in [6, 6.07) is 7.07. The Hall–Kier alpha value is -0.860. The SMILES string of the molecule is N#CCNC(=O)c1ccc(Br)cc1Br. The first-order chi connectivity index (χ1) is 6.65. The Balaban J connectivity index is 2.86. The summed E-state index contributed by atoms with van der Waals surface area (Å²) >= 11 is 6.55. The zero-order valence-corrected chi connectivity index (χ0v) is 10.2. The van der Waals surface area contributed by atoms with E-state index in [0.29, 0.717) is 10.0 Å². The molecule has 0 unspecified atom stereocenters. The second kappa shape index (κ2) is 5.13. The molecule has 1 amide bonds. The lowest BCUT2D eigenvalue weighted by molar-refractivity contribution is 0.0957. The molecule has 0 radical (unpaired) electrons. The predicted molar refractivity (Wildman–Crippen MR) is 59.8 cm³/mol. The molecule has 0 aliphatic rings. The van der Waals surface area contributed by atoms with Gasteiger partial charge in [-0.15, -0.1) is 0 Å². The highest BCUT2D eigenvalue weighted by molar-refractivity contribution is 9.11. The van der Waals surface area contributed by atoms with Gasteiger partial charge in [-0.05, 0) is 34.1 Å². The fraction of sp³-hybridized carbons (Fsp3) is 0.111. The number of rotatable bonds is 2. The number of hydrogen-bond donors (Lipinski definition) is 1. The summed E-state index contributed by atoms with van der Waals surface area (Å²) in [7, 11) is 0. The third kappa shape index (κ3) is 2.82. The van der Waals surface area contributed by atoms with Gasteiger partial charge in [-0.25, -0.2) is 0 Å². The number of nitrogens with one attached hydrogen (secondary N) is 1. The van der Waals surface area contributed by atoms with E-state index < -0.39 is 0 Å². The number of nitrogens with zero attached hydrogens (tertiary/aromatic N) is 1. The van der Waals surface area contributed by atoms with E-state index in [9.17, 15) is 4.79 Å². The lowest BCUT2D eigenvalue weighted by Gasteiger charge is -2.03. The van der Waals surface area contributed by atoms with Gasteiger partial charge in [0.2, 0.25) is 0 Å². The van der Waals surface area contributed by atoms with Crippen LogP contribution in [-0.4, -0.2) is 12.5 Å². The van der Waals surface area contributed by atoms with Crippen molar-refractivity contribution in [3.05, 3.63) is 32.7 Å². The molecule has 0 saturated carbocycles. The lowest BCUT2D eigenvalue weighted by Crippen LogP contribution is -2.23. The largest absolute Gasteiger partial charge is 0.339 e. The second-order valence-corrected chi connectivity index (χ2v) is 4.23. The van der Waals surface area contributed by atoms with Gasteiger partial charge >= 0.3 is 0 Å². The number of benzene rings is 1. The van der Waals surface area contributed by atoms with Gasteiger partial charge < -0.3 is 5.32 Å². The van der Waals surface area contributed by atoms with Crippen LogP contribution in [0.3, 0.4) is 0 Å². The average molecular weight is 318 g/mol. The van der Waals surface area contributed by atoms with Crippen molar-refractivity contribution in [3.8, 4) is 6.07 Å². The minimum absolute atomic E-state index is 0.0152. The van der Waals surface area contributed by atoms with Crippen LogP contribution in [0.5, 0.6) is 0 Å². The molecule has 0 heterocycles. The molecule has 1 aromatic rings. The zero-order valence-electron chi connectivity index (χ0n) is 7.05. The third-order valence-corrected chi connectivity index (χ3v) is 2.65. The van der Waals surface area contributed by atoms with E-state index in [2.05, 4.69) is 37.2 Å². The Kier molecular flexibility index (Phi) is 4.11. The van der Waals surface area contributed by atoms with E-state index in [4.69, 9.17) is 5.26 Å². The summed E-state index contributed by atoms with van der Waals surface area (Å²) in [5.74, 6) is -0.258. The van der Waals surface area contributed by atoms with E-state index in [0.717, 1.165) is 4.47 Å². The number of halogens is 2. The fourth-order valence-electron chi connectivity index (χ4n) is 0.889. The molecule has 14 heavy (non-hydrogen) atoms. The normalized spacial score (nSPS) is 9.21. The Bertz CT molecular complexity index is 398. The average Bonchev–Trinajstić information content (AvgIpc) is 2.14. The smallest absolute Gasteiger partial charge is 0.253 e. The van der Waals surface area contributed by atoms with Crippen molar-refractivity contribution in [3.63, 3.8) is 0 Å². The lowest BCUT2D eigenvalue weighted by atomic mass is 10.2. The van der Waals surface area contributed by atoms with E-state index in [1.165, 1.54) is 0 Å². The van der Waals surface area contributed by atoms with Crippen LogP contribution in [-0.2, 0) is 0 Å². The summed E-state index contributed by atoms with van der Waals surface area (Å²) in [4.78, 5) is 11.4. The van der Waals surface area contributed by atoms with Crippen LogP contribution >= 0.6 is 31.9 Å².